The lowest BCUT2D eigenvalue weighted by Crippen LogP contribution is -2.51. The molecule has 1 amide bonds. The van der Waals surface area contributed by atoms with Crippen molar-refractivity contribution in [2.45, 2.75) is 38.8 Å². The largest absolute Gasteiger partial charge is 0.480 e. The summed E-state index contributed by atoms with van der Waals surface area (Å²) in [7, 11) is 0. The minimum Gasteiger partial charge on any atom is -0.480 e. The monoisotopic (exact) mass is 384 g/mol. The van der Waals surface area contributed by atoms with Crippen molar-refractivity contribution in [3.05, 3.63) is 36.5 Å². The van der Waals surface area contributed by atoms with E-state index in [0.29, 0.717) is 0 Å². The van der Waals surface area contributed by atoms with Gasteiger partial charge in [0.2, 0.25) is 5.91 Å². The van der Waals surface area contributed by atoms with Crippen molar-refractivity contribution in [1.82, 2.24) is 14.8 Å². The summed E-state index contributed by atoms with van der Waals surface area (Å²) in [5.41, 5.74) is 1.63. The Kier molecular flexibility index (Phi) is 6.59. The van der Waals surface area contributed by atoms with E-state index in [2.05, 4.69) is 15.2 Å². The van der Waals surface area contributed by atoms with Crippen molar-refractivity contribution in [2.75, 3.05) is 31.5 Å². The van der Waals surface area contributed by atoms with Gasteiger partial charge in [-0.25, -0.2) is 0 Å². The Labute approximate surface area is 165 Å². The molecule has 0 aliphatic carbocycles. The van der Waals surface area contributed by atoms with Gasteiger partial charge < -0.3 is 10.4 Å². The molecular formula is C21H28N4O3. The zero-order chi connectivity index (χ0) is 20.1. The van der Waals surface area contributed by atoms with Gasteiger partial charge in [0.05, 0.1) is 23.8 Å². The molecule has 28 heavy (non-hydrogen) atoms. The molecule has 1 saturated heterocycles. The Morgan fingerprint density at radius 3 is 2.71 bits per heavy atom. The van der Waals surface area contributed by atoms with Crippen LogP contribution in [0.25, 0.3) is 10.9 Å². The Morgan fingerprint density at radius 2 is 2.04 bits per heavy atom. The predicted molar refractivity (Wildman–Crippen MR) is 109 cm³/mol. The number of carbonyl (C=O) groups excluding carboxylic acids is 1. The number of hydrogen-bond donors (Lipinski definition) is 2. The van der Waals surface area contributed by atoms with Crippen LogP contribution in [0.1, 0.15) is 26.7 Å². The third kappa shape index (κ3) is 4.66. The molecule has 2 N–H and O–H groups in total. The second-order valence-corrected chi connectivity index (χ2v) is 7.26. The van der Waals surface area contributed by atoms with Crippen LogP contribution in [0.4, 0.5) is 5.69 Å². The Hall–Kier alpha value is -2.51. The molecule has 0 bridgehead atoms. The van der Waals surface area contributed by atoms with Gasteiger partial charge >= 0.3 is 5.97 Å². The highest BCUT2D eigenvalue weighted by Gasteiger charge is 2.29. The first kappa shape index (κ1) is 20.2. The minimum absolute atomic E-state index is 0.0345. The summed E-state index contributed by atoms with van der Waals surface area (Å²) >= 11 is 0. The Balaban J connectivity index is 1.59. The fourth-order valence-corrected chi connectivity index (χ4v) is 3.93. The van der Waals surface area contributed by atoms with Crippen LogP contribution in [-0.2, 0) is 9.59 Å². The zero-order valence-electron chi connectivity index (χ0n) is 16.5. The first-order valence-electron chi connectivity index (χ1n) is 9.84. The molecule has 1 aliphatic heterocycles. The van der Waals surface area contributed by atoms with Gasteiger partial charge in [-0.05, 0) is 50.6 Å². The summed E-state index contributed by atoms with van der Waals surface area (Å²) in [6, 6.07) is 9.54. The van der Waals surface area contributed by atoms with E-state index in [-0.39, 0.29) is 24.5 Å². The summed E-state index contributed by atoms with van der Waals surface area (Å²) in [5, 5.41) is 13.0. The molecule has 1 fully saturated rings. The smallest absolute Gasteiger partial charge is 0.317 e. The Bertz CT molecular complexity index is 828. The molecule has 1 unspecified atom stereocenters. The number of likely N-dealkylation sites (tertiary alicyclic amines) is 1. The molecule has 1 aromatic carbocycles. The second kappa shape index (κ2) is 9.12. The Morgan fingerprint density at radius 1 is 1.29 bits per heavy atom. The maximum Gasteiger partial charge on any atom is 0.317 e. The molecule has 1 aliphatic rings. The number of carboxylic acids is 1. The SMILES string of the molecule is CCN(CC(=O)O)C1CCN(C(C)C(=O)Nc2cccc3ncccc23)CC1. The number of anilines is 1. The van der Waals surface area contributed by atoms with Crippen molar-refractivity contribution in [2.24, 2.45) is 0 Å². The van der Waals surface area contributed by atoms with Gasteiger partial charge in [-0.2, -0.15) is 0 Å². The predicted octanol–water partition coefficient (Wildman–Crippen LogP) is 2.43. The lowest BCUT2D eigenvalue weighted by atomic mass is 10.0. The van der Waals surface area contributed by atoms with E-state index < -0.39 is 5.97 Å². The topological polar surface area (TPSA) is 85.8 Å². The van der Waals surface area contributed by atoms with Crippen LogP contribution in [0.2, 0.25) is 0 Å². The molecule has 0 spiro atoms. The molecule has 7 heteroatoms. The van der Waals surface area contributed by atoms with E-state index in [9.17, 15) is 9.59 Å². The molecule has 2 heterocycles. The number of hydrogen-bond acceptors (Lipinski definition) is 5. The summed E-state index contributed by atoms with van der Waals surface area (Å²) < 4.78 is 0. The number of nitrogens with one attached hydrogen (secondary N) is 1. The van der Waals surface area contributed by atoms with Crippen LogP contribution in [0.3, 0.4) is 0 Å². The first-order valence-corrected chi connectivity index (χ1v) is 9.84. The van der Waals surface area contributed by atoms with E-state index in [4.69, 9.17) is 5.11 Å². The quantitative estimate of drug-likeness (QED) is 0.763. The van der Waals surface area contributed by atoms with Crippen molar-refractivity contribution in [1.29, 1.82) is 0 Å². The average Bonchev–Trinajstić information content (AvgIpc) is 2.71. The van der Waals surface area contributed by atoms with Gasteiger partial charge in [-0.15, -0.1) is 0 Å². The van der Waals surface area contributed by atoms with E-state index in [0.717, 1.165) is 49.1 Å². The number of pyridine rings is 1. The number of carboxylic acid groups (broad SMARTS) is 1. The molecule has 1 atom stereocenters. The molecule has 150 valence electrons. The number of aromatic nitrogens is 1. The first-order chi connectivity index (χ1) is 13.5. The van der Waals surface area contributed by atoms with Crippen LogP contribution < -0.4 is 5.32 Å². The molecule has 7 nitrogen and oxygen atoms in total. The molecule has 2 aromatic rings. The normalized spacial score (nSPS) is 17.0. The lowest BCUT2D eigenvalue weighted by molar-refractivity contribution is -0.139. The standard InChI is InChI=1S/C21H28N4O3/c1-3-24(14-20(26)27)16-9-12-25(13-10-16)15(2)21(28)23-19-8-4-7-18-17(19)6-5-11-22-18/h4-8,11,15-16H,3,9-10,12-14H2,1-2H3,(H,23,28)(H,26,27). The number of fused-ring (bicyclic) bond motifs is 1. The maximum atomic E-state index is 12.8. The van der Waals surface area contributed by atoms with E-state index >= 15 is 0 Å². The number of benzene rings is 1. The molecular weight excluding hydrogens is 356 g/mol. The molecule has 3 rings (SSSR count). The maximum absolute atomic E-state index is 12.8. The van der Waals surface area contributed by atoms with E-state index in [1.165, 1.54) is 0 Å². The van der Waals surface area contributed by atoms with Gasteiger partial charge in [0.15, 0.2) is 0 Å². The number of piperidine rings is 1. The highest BCUT2D eigenvalue weighted by Crippen LogP contribution is 2.23. The number of nitrogens with zero attached hydrogens (tertiary/aromatic N) is 3. The van der Waals surface area contributed by atoms with Crippen LogP contribution in [0.15, 0.2) is 36.5 Å². The number of likely N-dealkylation sites (N-methyl/N-ethyl adjacent to an activating group) is 1. The summed E-state index contributed by atoms with van der Waals surface area (Å²) in [5.74, 6) is -0.825. The van der Waals surface area contributed by atoms with Crippen LogP contribution in [0.5, 0.6) is 0 Å². The third-order valence-electron chi connectivity index (χ3n) is 5.59. The average molecular weight is 384 g/mol. The fraction of sp³-hybridized carbons (Fsp3) is 0.476. The van der Waals surface area contributed by atoms with E-state index in [1.54, 1.807) is 6.20 Å². The minimum atomic E-state index is -0.790. The van der Waals surface area contributed by atoms with Crippen molar-refractivity contribution in [3.63, 3.8) is 0 Å². The number of aliphatic carboxylic acids is 1. The highest BCUT2D eigenvalue weighted by atomic mass is 16.4. The van der Waals surface area contributed by atoms with Gasteiger partial charge in [0.25, 0.3) is 0 Å². The molecule has 1 aromatic heterocycles. The zero-order valence-corrected chi connectivity index (χ0v) is 16.5. The fourth-order valence-electron chi connectivity index (χ4n) is 3.93. The number of amides is 1. The lowest BCUT2D eigenvalue weighted by Gasteiger charge is -2.39. The third-order valence-corrected chi connectivity index (χ3v) is 5.59. The van der Waals surface area contributed by atoms with Crippen LogP contribution in [0, 0.1) is 0 Å². The number of carbonyl (C=O) groups is 2. The number of rotatable bonds is 7. The van der Waals surface area contributed by atoms with Crippen molar-refractivity contribution < 1.29 is 14.7 Å². The summed E-state index contributed by atoms with van der Waals surface area (Å²) in [4.78, 5) is 32.3. The van der Waals surface area contributed by atoms with E-state index in [1.807, 2.05) is 49.1 Å². The van der Waals surface area contributed by atoms with Crippen LogP contribution >= 0.6 is 0 Å². The van der Waals surface area contributed by atoms with Gasteiger partial charge in [0.1, 0.15) is 0 Å². The molecule has 0 radical (unpaired) electrons. The van der Waals surface area contributed by atoms with Gasteiger partial charge in [0, 0.05) is 30.7 Å². The van der Waals surface area contributed by atoms with Crippen molar-refractivity contribution in [3.8, 4) is 0 Å². The highest BCUT2D eigenvalue weighted by molar-refractivity contribution is 6.02. The van der Waals surface area contributed by atoms with Crippen LogP contribution in [-0.4, -0.2) is 70.0 Å². The van der Waals surface area contributed by atoms with Gasteiger partial charge in [-0.3, -0.25) is 24.4 Å². The van der Waals surface area contributed by atoms with Crippen molar-refractivity contribution >= 4 is 28.5 Å². The van der Waals surface area contributed by atoms with Gasteiger partial charge in [-0.1, -0.05) is 13.0 Å². The molecule has 0 saturated carbocycles. The summed E-state index contributed by atoms with van der Waals surface area (Å²) in [6.45, 7) is 6.28. The summed E-state index contributed by atoms with van der Waals surface area (Å²) in [6.07, 6.45) is 3.48. The second-order valence-electron chi connectivity index (χ2n) is 7.26.